The standard InChI is InChI=1S/C14H24BrNO/c1-10-6-5-7-11(10)14(17)16-13-9-4-2-3-8-12(13)15/h10-13H,2-9H2,1H3,(H,16,17). The first kappa shape index (κ1) is 13.4. The summed E-state index contributed by atoms with van der Waals surface area (Å²) in [5, 5.41) is 3.30. The summed E-state index contributed by atoms with van der Waals surface area (Å²) < 4.78 is 0. The molecule has 4 unspecified atom stereocenters. The van der Waals surface area contributed by atoms with E-state index in [1.807, 2.05) is 0 Å². The van der Waals surface area contributed by atoms with Gasteiger partial charge in [-0.3, -0.25) is 4.79 Å². The van der Waals surface area contributed by atoms with Crippen LogP contribution in [0.4, 0.5) is 0 Å². The normalized spacial score (nSPS) is 38.7. The highest BCUT2D eigenvalue weighted by Crippen LogP contribution is 2.32. The van der Waals surface area contributed by atoms with Crippen LogP contribution in [-0.4, -0.2) is 16.8 Å². The Morgan fingerprint density at radius 3 is 2.53 bits per heavy atom. The van der Waals surface area contributed by atoms with Gasteiger partial charge in [0.1, 0.15) is 0 Å². The molecule has 98 valence electrons. The Labute approximate surface area is 113 Å². The van der Waals surface area contributed by atoms with E-state index in [-0.39, 0.29) is 5.92 Å². The second-order valence-electron chi connectivity index (χ2n) is 5.78. The predicted molar refractivity (Wildman–Crippen MR) is 74.2 cm³/mol. The lowest BCUT2D eigenvalue weighted by molar-refractivity contribution is -0.126. The highest BCUT2D eigenvalue weighted by Gasteiger charge is 2.32. The monoisotopic (exact) mass is 301 g/mol. The third kappa shape index (κ3) is 3.46. The molecule has 2 saturated carbocycles. The Morgan fingerprint density at radius 1 is 1.06 bits per heavy atom. The summed E-state index contributed by atoms with van der Waals surface area (Å²) in [5.74, 6) is 1.17. The average Bonchev–Trinajstić information content (AvgIpc) is 2.63. The maximum absolute atomic E-state index is 12.2. The Bertz CT molecular complexity index is 269. The van der Waals surface area contributed by atoms with Gasteiger partial charge in [-0.25, -0.2) is 0 Å². The summed E-state index contributed by atoms with van der Waals surface area (Å²) in [6.45, 7) is 2.22. The Morgan fingerprint density at radius 2 is 1.82 bits per heavy atom. The largest absolute Gasteiger partial charge is 0.352 e. The lowest BCUT2D eigenvalue weighted by Gasteiger charge is -2.24. The summed E-state index contributed by atoms with van der Waals surface area (Å²) in [6.07, 6.45) is 9.74. The Kier molecular flexibility index (Phi) is 4.89. The molecule has 0 aromatic heterocycles. The van der Waals surface area contributed by atoms with Crippen molar-refractivity contribution in [2.75, 3.05) is 0 Å². The van der Waals surface area contributed by atoms with Crippen LogP contribution in [0, 0.1) is 11.8 Å². The van der Waals surface area contributed by atoms with Gasteiger partial charge < -0.3 is 5.32 Å². The van der Waals surface area contributed by atoms with Crippen molar-refractivity contribution in [3.63, 3.8) is 0 Å². The van der Waals surface area contributed by atoms with Crippen molar-refractivity contribution in [2.24, 2.45) is 11.8 Å². The third-order valence-electron chi connectivity index (χ3n) is 4.46. The van der Waals surface area contributed by atoms with Crippen molar-refractivity contribution in [1.82, 2.24) is 5.32 Å². The first-order chi connectivity index (χ1) is 8.18. The average molecular weight is 302 g/mol. The number of hydrogen-bond acceptors (Lipinski definition) is 1. The molecule has 2 aliphatic rings. The summed E-state index contributed by atoms with van der Waals surface area (Å²) in [7, 11) is 0. The molecular weight excluding hydrogens is 278 g/mol. The van der Waals surface area contributed by atoms with Crippen LogP contribution in [0.15, 0.2) is 0 Å². The molecular formula is C14H24BrNO. The molecule has 2 rings (SSSR count). The third-order valence-corrected chi connectivity index (χ3v) is 5.55. The van der Waals surface area contributed by atoms with E-state index in [0.29, 0.717) is 22.7 Å². The SMILES string of the molecule is CC1CCCC1C(=O)NC1CCCCCC1Br. The van der Waals surface area contributed by atoms with Gasteiger partial charge in [0.05, 0.1) is 0 Å². The van der Waals surface area contributed by atoms with Crippen LogP contribution in [-0.2, 0) is 4.79 Å². The minimum Gasteiger partial charge on any atom is -0.352 e. The van der Waals surface area contributed by atoms with Crippen LogP contribution >= 0.6 is 15.9 Å². The van der Waals surface area contributed by atoms with Gasteiger partial charge in [-0.15, -0.1) is 0 Å². The van der Waals surface area contributed by atoms with E-state index in [9.17, 15) is 4.79 Å². The van der Waals surface area contributed by atoms with Crippen molar-refractivity contribution in [1.29, 1.82) is 0 Å². The minimum absolute atomic E-state index is 0.276. The van der Waals surface area contributed by atoms with Crippen LogP contribution in [0.3, 0.4) is 0 Å². The number of carbonyl (C=O) groups is 1. The van der Waals surface area contributed by atoms with Crippen molar-refractivity contribution in [2.45, 2.75) is 69.2 Å². The molecule has 1 N–H and O–H groups in total. The first-order valence-corrected chi connectivity index (χ1v) is 8.04. The van der Waals surface area contributed by atoms with Crippen LogP contribution in [0.5, 0.6) is 0 Å². The topological polar surface area (TPSA) is 29.1 Å². The van der Waals surface area contributed by atoms with Crippen LogP contribution < -0.4 is 5.32 Å². The van der Waals surface area contributed by atoms with Gasteiger partial charge in [0.15, 0.2) is 0 Å². The molecule has 0 heterocycles. The summed E-state index contributed by atoms with van der Waals surface area (Å²) in [4.78, 5) is 12.7. The fourth-order valence-electron chi connectivity index (χ4n) is 3.25. The van der Waals surface area contributed by atoms with Crippen LogP contribution in [0.2, 0.25) is 0 Å². The number of amides is 1. The van der Waals surface area contributed by atoms with Crippen LogP contribution in [0.25, 0.3) is 0 Å². The number of nitrogens with one attached hydrogen (secondary N) is 1. The molecule has 0 radical (unpaired) electrons. The van der Waals surface area contributed by atoms with Gasteiger partial charge in [-0.1, -0.05) is 48.5 Å². The lowest BCUT2D eigenvalue weighted by atomic mass is 9.96. The first-order valence-electron chi connectivity index (χ1n) is 7.13. The van der Waals surface area contributed by atoms with Crippen LogP contribution in [0.1, 0.15) is 58.3 Å². The molecule has 0 aliphatic heterocycles. The maximum Gasteiger partial charge on any atom is 0.223 e. The summed E-state index contributed by atoms with van der Waals surface area (Å²) in [5.41, 5.74) is 0. The summed E-state index contributed by atoms with van der Waals surface area (Å²) >= 11 is 3.74. The highest BCUT2D eigenvalue weighted by molar-refractivity contribution is 9.09. The van der Waals surface area contributed by atoms with Gasteiger partial charge >= 0.3 is 0 Å². The Balaban J connectivity index is 1.88. The lowest BCUT2D eigenvalue weighted by Crippen LogP contribution is -2.43. The van der Waals surface area contributed by atoms with E-state index in [2.05, 4.69) is 28.2 Å². The van der Waals surface area contributed by atoms with Crippen molar-refractivity contribution in [3.05, 3.63) is 0 Å². The van der Waals surface area contributed by atoms with Gasteiger partial charge in [-0.2, -0.15) is 0 Å². The van der Waals surface area contributed by atoms with Crippen molar-refractivity contribution >= 4 is 21.8 Å². The quantitative estimate of drug-likeness (QED) is 0.612. The van der Waals surface area contributed by atoms with E-state index in [1.165, 1.54) is 38.5 Å². The van der Waals surface area contributed by atoms with Crippen molar-refractivity contribution in [3.8, 4) is 0 Å². The van der Waals surface area contributed by atoms with Crippen molar-refractivity contribution < 1.29 is 4.79 Å². The van der Waals surface area contributed by atoms with Gasteiger partial charge in [0.2, 0.25) is 5.91 Å². The zero-order chi connectivity index (χ0) is 12.3. The van der Waals surface area contributed by atoms with Gasteiger partial charge in [0, 0.05) is 16.8 Å². The number of hydrogen-bond donors (Lipinski definition) is 1. The number of rotatable bonds is 2. The molecule has 0 saturated heterocycles. The fraction of sp³-hybridized carbons (Fsp3) is 0.929. The summed E-state index contributed by atoms with van der Waals surface area (Å²) in [6, 6.07) is 0.359. The molecule has 4 atom stereocenters. The zero-order valence-corrected chi connectivity index (χ0v) is 12.3. The Hall–Kier alpha value is -0.0500. The zero-order valence-electron chi connectivity index (χ0n) is 10.8. The molecule has 2 aliphatic carbocycles. The van der Waals surface area contributed by atoms with E-state index in [0.717, 1.165) is 12.8 Å². The number of alkyl halides is 1. The second kappa shape index (κ2) is 6.21. The molecule has 1 amide bonds. The van der Waals surface area contributed by atoms with Gasteiger partial charge in [0.25, 0.3) is 0 Å². The van der Waals surface area contributed by atoms with E-state index < -0.39 is 0 Å². The molecule has 17 heavy (non-hydrogen) atoms. The molecule has 0 spiro atoms. The maximum atomic E-state index is 12.2. The van der Waals surface area contributed by atoms with E-state index in [4.69, 9.17) is 0 Å². The molecule has 3 heteroatoms. The molecule has 0 aromatic rings. The van der Waals surface area contributed by atoms with E-state index in [1.54, 1.807) is 0 Å². The molecule has 2 fully saturated rings. The predicted octanol–water partition coefficient (Wildman–Crippen LogP) is 3.64. The molecule has 0 bridgehead atoms. The fourth-order valence-corrected chi connectivity index (χ4v) is 3.97. The number of halogens is 1. The smallest absolute Gasteiger partial charge is 0.223 e. The van der Waals surface area contributed by atoms with Gasteiger partial charge in [-0.05, 0) is 31.6 Å². The minimum atomic E-state index is 0.276. The van der Waals surface area contributed by atoms with E-state index >= 15 is 0 Å². The second-order valence-corrected chi connectivity index (χ2v) is 6.96. The highest BCUT2D eigenvalue weighted by atomic mass is 79.9. The molecule has 0 aromatic carbocycles. The number of carbonyl (C=O) groups excluding carboxylic acids is 1. The molecule has 2 nitrogen and oxygen atoms in total.